The number of imidazole rings is 1. The first-order chi connectivity index (χ1) is 20.0. The smallest absolute Gasteiger partial charge is 0.335 e. The van der Waals surface area contributed by atoms with Crippen LogP contribution in [0.1, 0.15) is 58.2 Å². The van der Waals surface area contributed by atoms with Gasteiger partial charge < -0.3 is 19.1 Å². The summed E-state index contributed by atoms with van der Waals surface area (Å²) in [6, 6.07) is 17.0. The Morgan fingerprint density at radius 2 is 1.95 bits per heavy atom. The monoisotopic (exact) mass is 555 g/mol. The number of hydrogen-bond donors (Lipinski definition) is 1. The molecule has 2 saturated heterocycles. The molecule has 1 atom stereocenters. The zero-order valence-electron chi connectivity index (χ0n) is 22.5. The van der Waals surface area contributed by atoms with E-state index in [2.05, 4.69) is 9.47 Å². The van der Waals surface area contributed by atoms with Crippen molar-refractivity contribution in [2.75, 3.05) is 19.7 Å². The van der Waals surface area contributed by atoms with E-state index in [1.165, 1.54) is 6.07 Å². The highest BCUT2D eigenvalue weighted by Gasteiger charge is 2.26. The fourth-order valence-electron chi connectivity index (χ4n) is 5.47. The van der Waals surface area contributed by atoms with Crippen molar-refractivity contribution in [3.05, 3.63) is 88.6 Å². The van der Waals surface area contributed by atoms with Crippen LogP contribution in [0.2, 0.25) is 0 Å². The molecular formula is C31H30FN5O4. The van der Waals surface area contributed by atoms with Gasteiger partial charge in [-0.05, 0) is 68.8 Å². The molecule has 4 heterocycles. The van der Waals surface area contributed by atoms with Crippen LogP contribution < -0.4 is 4.74 Å². The summed E-state index contributed by atoms with van der Waals surface area (Å²) in [5.74, 6) is 0.222. The molecule has 2 aromatic heterocycles. The van der Waals surface area contributed by atoms with Crippen molar-refractivity contribution < 1.29 is 23.8 Å². The maximum absolute atomic E-state index is 14.2. The lowest BCUT2D eigenvalue weighted by atomic mass is 9.93. The molecule has 0 bridgehead atoms. The van der Waals surface area contributed by atoms with Crippen LogP contribution in [0.15, 0.2) is 54.6 Å². The number of piperidine rings is 1. The van der Waals surface area contributed by atoms with E-state index in [9.17, 15) is 14.3 Å². The number of likely N-dealkylation sites (tertiary alicyclic amines) is 1. The van der Waals surface area contributed by atoms with E-state index in [-0.39, 0.29) is 29.8 Å². The predicted molar refractivity (Wildman–Crippen MR) is 148 cm³/mol. The Hall–Kier alpha value is -4.33. The number of nitriles is 1. The Bertz CT molecular complexity index is 1620. The molecule has 2 aromatic carbocycles. The van der Waals surface area contributed by atoms with Gasteiger partial charge in [0.2, 0.25) is 5.88 Å². The zero-order valence-corrected chi connectivity index (χ0v) is 22.5. The number of aromatic nitrogens is 3. The Morgan fingerprint density at radius 3 is 2.66 bits per heavy atom. The topological polar surface area (TPSA) is 114 Å². The first kappa shape index (κ1) is 26.9. The van der Waals surface area contributed by atoms with Gasteiger partial charge in [-0.15, -0.1) is 0 Å². The zero-order chi connectivity index (χ0) is 28.3. The molecule has 2 fully saturated rings. The van der Waals surface area contributed by atoms with E-state index in [1.807, 2.05) is 18.2 Å². The van der Waals surface area contributed by atoms with Crippen molar-refractivity contribution in [2.24, 2.45) is 0 Å². The maximum Gasteiger partial charge on any atom is 0.335 e. The summed E-state index contributed by atoms with van der Waals surface area (Å²) in [6.07, 6.45) is 2.96. The molecule has 9 nitrogen and oxygen atoms in total. The Morgan fingerprint density at radius 1 is 1.12 bits per heavy atom. The molecule has 10 heteroatoms. The molecule has 210 valence electrons. The summed E-state index contributed by atoms with van der Waals surface area (Å²) in [4.78, 5) is 23.5. The van der Waals surface area contributed by atoms with Gasteiger partial charge in [0.05, 0.1) is 47.4 Å². The Kier molecular flexibility index (Phi) is 7.63. The third kappa shape index (κ3) is 5.92. The number of benzene rings is 2. The molecule has 4 aromatic rings. The van der Waals surface area contributed by atoms with Crippen molar-refractivity contribution in [2.45, 2.75) is 51.0 Å². The average Bonchev–Trinajstić information content (AvgIpc) is 3.30. The van der Waals surface area contributed by atoms with E-state index in [0.29, 0.717) is 24.5 Å². The van der Waals surface area contributed by atoms with Crippen LogP contribution in [-0.4, -0.2) is 56.3 Å². The predicted octanol–water partition coefficient (Wildman–Crippen LogP) is 4.89. The first-order valence-electron chi connectivity index (χ1n) is 13.8. The van der Waals surface area contributed by atoms with E-state index in [4.69, 9.17) is 24.7 Å². The number of halogens is 1. The van der Waals surface area contributed by atoms with Crippen LogP contribution in [0.3, 0.4) is 0 Å². The number of carboxylic acid groups (broad SMARTS) is 1. The Balaban J connectivity index is 1.10. The Labute approximate surface area is 236 Å². The summed E-state index contributed by atoms with van der Waals surface area (Å²) in [5.41, 5.74) is 3.47. The number of ether oxygens (including phenoxy) is 2. The molecule has 2 aliphatic heterocycles. The first-order valence-corrected chi connectivity index (χ1v) is 13.8. The largest absolute Gasteiger partial charge is 0.478 e. The third-order valence-electron chi connectivity index (χ3n) is 7.93. The fraction of sp³-hybridized carbons (Fsp3) is 0.355. The molecule has 0 aliphatic carbocycles. The highest BCUT2D eigenvalue weighted by Crippen LogP contribution is 2.30. The second-order valence-corrected chi connectivity index (χ2v) is 10.6. The van der Waals surface area contributed by atoms with E-state index in [0.717, 1.165) is 61.5 Å². The molecular weight excluding hydrogens is 525 g/mol. The van der Waals surface area contributed by atoms with Gasteiger partial charge in [-0.2, -0.15) is 5.26 Å². The van der Waals surface area contributed by atoms with Crippen LogP contribution in [0.4, 0.5) is 4.39 Å². The molecule has 0 radical (unpaired) electrons. The lowest BCUT2D eigenvalue weighted by molar-refractivity contribution is -0.0592. The lowest BCUT2D eigenvalue weighted by Crippen LogP contribution is -2.35. The SMILES string of the molecule is N#Cc1ccc(COc2cccc(C3CCN(Cc4nc5ccc(C(=O)O)cc5n4CC4CCO4)CC3)n2)c(F)c1. The summed E-state index contributed by atoms with van der Waals surface area (Å²) in [7, 11) is 0. The van der Waals surface area contributed by atoms with Crippen molar-refractivity contribution >= 4 is 17.0 Å². The quantitative estimate of drug-likeness (QED) is 0.311. The highest BCUT2D eigenvalue weighted by atomic mass is 19.1. The van der Waals surface area contributed by atoms with Gasteiger partial charge in [0, 0.05) is 29.8 Å². The summed E-state index contributed by atoms with van der Waals surface area (Å²) >= 11 is 0. The average molecular weight is 556 g/mol. The summed E-state index contributed by atoms with van der Waals surface area (Å²) < 4.78 is 27.8. The van der Waals surface area contributed by atoms with Gasteiger partial charge in [0.15, 0.2) is 0 Å². The second-order valence-electron chi connectivity index (χ2n) is 10.6. The normalized spacial score (nSPS) is 17.7. The van der Waals surface area contributed by atoms with E-state index >= 15 is 0 Å². The molecule has 1 unspecified atom stereocenters. The van der Waals surface area contributed by atoms with E-state index in [1.54, 1.807) is 36.4 Å². The third-order valence-corrected chi connectivity index (χ3v) is 7.93. The van der Waals surface area contributed by atoms with Crippen molar-refractivity contribution in [3.63, 3.8) is 0 Å². The number of rotatable bonds is 9. The number of nitrogens with zero attached hydrogens (tertiary/aromatic N) is 5. The summed E-state index contributed by atoms with van der Waals surface area (Å²) in [6.45, 7) is 3.87. The molecule has 1 N–H and O–H groups in total. The molecule has 0 amide bonds. The minimum Gasteiger partial charge on any atom is -0.478 e. The van der Waals surface area contributed by atoms with Crippen molar-refractivity contribution in [1.29, 1.82) is 5.26 Å². The van der Waals surface area contributed by atoms with E-state index < -0.39 is 11.8 Å². The standard InChI is InChI=1S/C31H30FN5O4/c32-25-14-20(16-33)4-5-23(25)19-41-30-3-1-2-26(35-30)21-8-11-36(12-9-21)18-29-34-27-7-6-22(31(38)39)15-28(27)37(29)17-24-10-13-40-24/h1-7,14-15,21,24H,8-13,17-19H2,(H,38,39). The van der Waals surface area contributed by atoms with Crippen LogP contribution in [-0.2, 0) is 24.4 Å². The highest BCUT2D eigenvalue weighted by molar-refractivity contribution is 5.92. The van der Waals surface area contributed by atoms with Crippen LogP contribution in [0.5, 0.6) is 5.88 Å². The molecule has 2 aliphatic rings. The number of carboxylic acids is 1. The minimum absolute atomic E-state index is 0.0350. The molecule has 41 heavy (non-hydrogen) atoms. The van der Waals surface area contributed by atoms with Gasteiger partial charge in [-0.3, -0.25) is 4.90 Å². The number of pyridine rings is 1. The van der Waals surface area contributed by atoms with Gasteiger partial charge >= 0.3 is 5.97 Å². The number of fused-ring (bicyclic) bond motifs is 1. The van der Waals surface area contributed by atoms with Crippen molar-refractivity contribution in [1.82, 2.24) is 19.4 Å². The van der Waals surface area contributed by atoms with Gasteiger partial charge in [0.1, 0.15) is 18.2 Å². The molecule has 0 saturated carbocycles. The number of aromatic carboxylic acids is 1. The molecule has 6 rings (SSSR count). The summed E-state index contributed by atoms with van der Waals surface area (Å²) in [5, 5.41) is 18.4. The lowest BCUT2D eigenvalue weighted by Gasteiger charge is -2.32. The minimum atomic E-state index is -0.951. The van der Waals surface area contributed by atoms with Gasteiger partial charge in [0.25, 0.3) is 0 Å². The second kappa shape index (κ2) is 11.6. The van der Waals surface area contributed by atoms with Gasteiger partial charge in [-0.25, -0.2) is 19.2 Å². The maximum atomic E-state index is 14.2. The fourth-order valence-corrected chi connectivity index (χ4v) is 5.47. The van der Waals surface area contributed by atoms with Crippen molar-refractivity contribution in [3.8, 4) is 11.9 Å². The van der Waals surface area contributed by atoms with Crippen LogP contribution >= 0.6 is 0 Å². The van der Waals surface area contributed by atoms with Gasteiger partial charge in [-0.1, -0.05) is 12.1 Å². The number of hydrogen-bond acceptors (Lipinski definition) is 7. The number of carbonyl (C=O) groups is 1. The molecule has 0 spiro atoms. The van der Waals surface area contributed by atoms with Crippen LogP contribution in [0.25, 0.3) is 11.0 Å². The van der Waals surface area contributed by atoms with Crippen LogP contribution in [0, 0.1) is 17.1 Å².